The van der Waals surface area contributed by atoms with Gasteiger partial charge in [-0.05, 0) is 29.8 Å². The molecular formula is C14H9F3NO4S-. The van der Waals surface area contributed by atoms with Crippen molar-refractivity contribution in [1.29, 1.82) is 0 Å². The Kier molecular flexibility index (Phi) is 4.33. The van der Waals surface area contributed by atoms with Crippen LogP contribution >= 0.6 is 0 Å². The average Bonchev–Trinajstić information content (AvgIpc) is 2.46. The molecule has 122 valence electrons. The standard InChI is InChI=1S/C14H10F3NO4S/c15-14(16,17)11-3-1-2-4-12(11)23(21,22)18-10-7-5-9(6-8-10)13(19)20/h1-8,18H,(H,19,20)/p-1. The fraction of sp³-hybridized carbons (Fsp3) is 0.0714. The summed E-state index contributed by atoms with van der Waals surface area (Å²) in [6.45, 7) is 0. The van der Waals surface area contributed by atoms with Crippen LogP contribution < -0.4 is 9.83 Å². The molecule has 0 atom stereocenters. The Balaban J connectivity index is 2.38. The van der Waals surface area contributed by atoms with E-state index in [-0.39, 0.29) is 11.3 Å². The van der Waals surface area contributed by atoms with Crippen molar-refractivity contribution < 1.29 is 31.5 Å². The van der Waals surface area contributed by atoms with E-state index in [0.717, 1.165) is 36.4 Å². The lowest BCUT2D eigenvalue weighted by Crippen LogP contribution is -2.22. The number of carbonyl (C=O) groups excluding carboxylic acids is 1. The highest BCUT2D eigenvalue weighted by atomic mass is 32.2. The van der Waals surface area contributed by atoms with E-state index < -0.39 is 32.6 Å². The molecule has 1 N–H and O–H groups in total. The number of carboxylic acid groups (broad SMARTS) is 1. The summed E-state index contributed by atoms with van der Waals surface area (Å²) in [5, 5.41) is 10.6. The van der Waals surface area contributed by atoms with Crippen LogP contribution in [0.15, 0.2) is 53.4 Å². The minimum Gasteiger partial charge on any atom is -0.545 e. The number of sulfonamides is 1. The number of aromatic carboxylic acids is 1. The molecule has 0 aliphatic rings. The second-order valence-corrected chi connectivity index (χ2v) is 6.12. The number of carboxylic acids is 1. The summed E-state index contributed by atoms with van der Waals surface area (Å²) in [6, 6.07) is 8.11. The Morgan fingerprint density at radius 3 is 2.09 bits per heavy atom. The molecule has 0 bridgehead atoms. The topological polar surface area (TPSA) is 86.3 Å². The van der Waals surface area contributed by atoms with Gasteiger partial charge in [0.2, 0.25) is 0 Å². The zero-order chi connectivity index (χ0) is 17.3. The zero-order valence-corrected chi connectivity index (χ0v) is 12.1. The van der Waals surface area contributed by atoms with Crippen molar-refractivity contribution in [3.05, 3.63) is 59.7 Å². The van der Waals surface area contributed by atoms with Gasteiger partial charge in [-0.3, -0.25) is 4.72 Å². The van der Waals surface area contributed by atoms with Gasteiger partial charge in [0.25, 0.3) is 10.0 Å². The van der Waals surface area contributed by atoms with E-state index in [1.807, 2.05) is 4.72 Å². The highest BCUT2D eigenvalue weighted by Gasteiger charge is 2.36. The average molecular weight is 344 g/mol. The molecule has 0 spiro atoms. The molecule has 0 aliphatic carbocycles. The van der Waals surface area contributed by atoms with E-state index in [1.165, 1.54) is 6.07 Å². The molecule has 5 nitrogen and oxygen atoms in total. The summed E-state index contributed by atoms with van der Waals surface area (Å²) in [6.07, 6.45) is -4.83. The van der Waals surface area contributed by atoms with E-state index >= 15 is 0 Å². The second-order valence-electron chi connectivity index (χ2n) is 4.46. The summed E-state index contributed by atoms with van der Waals surface area (Å²) in [5.41, 5.74) is -1.56. The van der Waals surface area contributed by atoms with Gasteiger partial charge in [0.1, 0.15) is 0 Å². The molecule has 0 fully saturated rings. The molecule has 23 heavy (non-hydrogen) atoms. The van der Waals surface area contributed by atoms with Crippen LogP contribution in [0.4, 0.5) is 18.9 Å². The van der Waals surface area contributed by atoms with Crippen LogP contribution in [0.2, 0.25) is 0 Å². The summed E-state index contributed by atoms with van der Waals surface area (Å²) in [5.74, 6) is -1.46. The number of hydrogen-bond donors (Lipinski definition) is 1. The third-order valence-electron chi connectivity index (χ3n) is 2.85. The summed E-state index contributed by atoms with van der Waals surface area (Å²) >= 11 is 0. The number of alkyl halides is 3. The fourth-order valence-electron chi connectivity index (χ4n) is 1.82. The van der Waals surface area contributed by atoms with Gasteiger partial charge < -0.3 is 9.90 Å². The minimum atomic E-state index is -4.83. The van der Waals surface area contributed by atoms with Crippen molar-refractivity contribution in [2.45, 2.75) is 11.1 Å². The summed E-state index contributed by atoms with van der Waals surface area (Å²) in [7, 11) is -4.49. The maximum absolute atomic E-state index is 12.9. The monoisotopic (exact) mass is 344 g/mol. The van der Waals surface area contributed by atoms with Crippen molar-refractivity contribution in [2.75, 3.05) is 4.72 Å². The molecule has 0 saturated heterocycles. The van der Waals surface area contributed by atoms with E-state index in [1.54, 1.807) is 0 Å². The molecule has 0 unspecified atom stereocenters. The van der Waals surface area contributed by atoms with Gasteiger partial charge >= 0.3 is 6.18 Å². The van der Waals surface area contributed by atoms with Crippen molar-refractivity contribution in [2.24, 2.45) is 0 Å². The Morgan fingerprint density at radius 2 is 1.57 bits per heavy atom. The summed E-state index contributed by atoms with van der Waals surface area (Å²) in [4.78, 5) is 9.68. The highest BCUT2D eigenvalue weighted by Crippen LogP contribution is 2.34. The fourth-order valence-corrected chi connectivity index (χ4v) is 3.11. The number of anilines is 1. The molecule has 2 aromatic rings. The van der Waals surface area contributed by atoms with Gasteiger partial charge in [-0.2, -0.15) is 13.2 Å². The van der Waals surface area contributed by atoms with E-state index in [9.17, 15) is 31.5 Å². The molecular weight excluding hydrogens is 335 g/mol. The first-order valence-electron chi connectivity index (χ1n) is 6.12. The number of rotatable bonds is 4. The predicted octanol–water partition coefficient (Wildman–Crippen LogP) is 1.87. The van der Waals surface area contributed by atoms with Crippen LogP contribution in [-0.2, 0) is 16.2 Å². The smallest absolute Gasteiger partial charge is 0.417 e. The first kappa shape index (κ1) is 16.8. The van der Waals surface area contributed by atoms with Crippen molar-refractivity contribution >= 4 is 21.7 Å². The Hall–Kier alpha value is -2.55. The van der Waals surface area contributed by atoms with Crippen molar-refractivity contribution in [3.63, 3.8) is 0 Å². The number of benzene rings is 2. The molecule has 0 radical (unpaired) electrons. The quantitative estimate of drug-likeness (QED) is 0.917. The van der Waals surface area contributed by atoms with Gasteiger partial charge in [-0.1, -0.05) is 24.3 Å². The second kappa shape index (κ2) is 5.92. The van der Waals surface area contributed by atoms with Gasteiger partial charge in [-0.25, -0.2) is 8.42 Å². The molecule has 2 aromatic carbocycles. The van der Waals surface area contributed by atoms with Crippen LogP contribution in [0, 0.1) is 0 Å². The molecule has 0 aliphatic heterocycles. The minimum absolute atomic E-state index is 0.0769. The van der Waals surface area contributed by atoms with Crippen LogP contribution in [0.25, 0.3) is 0 Å². The Bertz CT molecular complexity index is 830. The third-order valence-corrected chi connectivity index (χ3v) is 4.29. The van der Waals surface area contributed by atoms with Crippen molar-refractivity contribution in [1.82, 2.24) is 0 Å². The first-order valence-corrected chi connectivity index (χ1v) is 7.60. The van der Waals surface area contributed by atoms with E-state index in [4.69, 9.17) is 0 Å². The number of nitrogens with one attached hydrogen (secondary N) is 1. The third kappa shape index (κ3) is 3.81. The number of carbonyl (C=O) groups is 1. The normalized spacial score (nSPS) is 12.0. The molecule has 0 aromatic heterocycles. The van der Waals surface area contributed by atoms with Crippen molar-refractivity contribution in [3.8, 4) is 0 Å². The van der Waals surface area contributed by atoms with Gasteiger partial charge in [-0.15, -0.1) is 0 Å². The van der Waals surface area contributed by atoms with E-state index in [2.05, 4.69) is 0 Å². The Labute approximate surface area is 129 Å². The predicted molar refractivity (Wildman–Crippen MR) is 73.0 cm³/mol. The van der Waals surface area contributed by atoms with Gasteiger partial charge in [0.05, 0.1) is 16.4 Å². The number of halogens is 3. The molecule has 0 heterocycles. The zero-order valence-electron chi connectivity index (χ0n) is 11.3. The lowest BCUT2D eigenvalue weighted by Gasteiger charge is -2.14. The number of hydrogen-bond acceptors (Lipinski definition) is 4. The van der Waals surface area contributed by atoms with E-state index in [0.29, 0.717) is 6.07 Å². The Morgan fingerprint density at radius 1 is 1.00 bits per heavy atom. The van der Waals surface area contributed by atoms with Gasteiger partial charge in [0, 0.05) is 5.69 Å². The molecule has 0 amide bonds. The summed E-state index contributed by atoms with van der Waals surface area (Å²) < 4.78 is 65.0. The maximum Gasteiger partial charge on any atom is 0.417 e. The first-order chi connectivity index (χ1) is 10.6. The van der Waals surface area contributed by atoms with Crippen LogP contribution in [-0.4, -0.2) is 14.4 Å². The highest BCUT2D eigenvalue weighted by molar-refractivity contribution is 7.92. The lowest BCUT2D eigenvalue weighted by atomic mass is 10.2. The maximum atomic E-state index is 12.9. The SMILES string of the molecule is O=C([O-])c1ccc(NS(=O)(=O)c2ccccc2C(F)(F)F)cc1. The van der Waals surface area contributed by atoms with Gasteiger partial charge in [0.15, 0.2) is 0 Å². The van der Waals surface area contributed by atoms with Crippen LogP contribution in [0.5, 0.6) is 0 Å². The van der Waals surface area contributed by atoms with Crippen LogP contribution in [0.3, 0.4) is 0 Å². The lowest BCUT2D eigenvalue weighted by molar-refractivity contribution is -0.255. The van der Waals surface area contributed by atoms with Crippen LogP contribution in [0.1, 0.15) is 15.9 Å². The molecule has 9 heteroatoms. The molecule has 0 saturated carbocycles. The molecule has 2 rings (SSSR count). The largest absolute Gasteiger partial charge is 0.545 e.